The quantitative estimate of drug-likeness (QED) is 0.674. The maximum Gasteiger partial charge on any atom is 0.293 e. The molecule has 6 nitrogen and oxygen atoms in total. The number of likely N-dealkylation sites (tertiary alicyclic amines) is 1. The Hall–Kier alpha value is -1.82. The second kappa shape index (κ2) is 6.74. The van der Waals surface area contributed by atoms with Gasteiger partial charge in [0.15, 0.2) is 0 Å². The van der Waals surface area contributed by atoms with Crippen molar-refractivity contribution in [2.75, 3.05) is 18.4 Å². The third kappa shape index (κ3) is 3.58. The van der Waals surface area contributed by atoms with Gasteiger partial charge in [0.1, 0.15) is 5.69 Å². The van der Waals surface area contributed by atoms with Crippen molar-refractivity contribution in [2.45, 2.75) is 38.1 Å². The highest BCUT2D eigenvalue weighted by atomic mass is 35.5. The molecule has 0 radical (unpaired) electrons. The third-order valence-electron chi connectivity index (χ3n) is 4.72. The molecule has 1 atom stereocenters. The average molecular weight is 338 g/mol. The highest BCUT2D eigenvalue weighted by molar-refractivity contribution is 6.30. The lowest BCUT2D eigenvalue weighted by Crippen LogP contribution is -2.35. The predicted molar refractivity (Wildman–Crippen MR) is 88.7 cm³/mol. The first-order valence-electron chi connectivity index (χ1n) is 8.04. The number of amides is 1. The molecule has 1 N–H and O–H groups in total. The molecule has 23 heavy (non-hydrogen) atoms. The minimum Gasteiger partial charge on any atom is -0.375 e. The second-order valence-corrected chi connectivity index (χ2v) is 6.75. The monoisotopic (exact) mass is 337 g/mol. The number of nitro benzene ring substituents is 1. The first kappa shape index (κ1) is 16.1. The summed E-state index contributed by atoms with van der Waals surface area (Å²) in [6, 6.07) is 4.65. The number of nitro groups is 1. The van der Waals surface area contributed by atoms with Crippen molar-refractivity contribution in [2.24, 2.45) is 5.92 Å². The van der Waals surface area contributed by atoms with E-state index in [1.807, 2.05) is 4.90 Å². The Morgan fingerprint density at radius 1 is 1.30 bits per heavy atom. The molecule has 1 amide bonds. The van der Waals surface area contributed by atoms with Crippen molar-refractivity contribution >= 4 is 28.9 Å². The van der Waals surface area contributed by atoms with E-state index in [9.17, 15) is 14.9 Å². The fourth-order valence-corrected chi connectivity index (χ4v) is 3.67. The molecule has 124 valence electrons. The molecule has 7 heteroatoms. The highest BCUT2D eigenvalue weighted by Gasteiger charge is 2.32. The van der Waals surface area contributed by atoms with Crippen LogP contribution in [0.3, 0.4) is 0 Å². The summed E-state index contributed by atoms with van der Waals surface area (Å²) >= 11 is 5.83. The molecule has 3 rings (SSSR count). The van der Waals surface area contributed by atoms with E-state index in [0.29, 0.717) is 23.8 Å². The van der Waals surface area contributed by atoms with Crippen LogP contribution in [0.25, 0.3) is 0 Å². The van der Waals surface area contributed by atoms with Crippen LogP contribution >= 0.6 is 11.6 Å². The second-order valence-electron chi connectivity index (χ2n) is 6.31. The van der Waals surface area contributed by atoms with E-state index in [4.69, 9.17) is 11.6 Å². The molecule has 1 aromatic carbocycles. The van der Waals surface area contributed by atoms with Crippen molar-refractivity contribution in [1.29, 1.82) is 0 Å². The van der Waals surface area contributed by atoms with Gasteiger partial charge in [-0.1, -0.05) is 24.4 Å². The summed E-state index contributed by atoms with van der Waals surface area (Å²) in [5, 5.41) is 14.7. The molecule has 1 heterocycles. The zero-order valence-electron chi connectivity index (χ0n) is 12.8. The zero-order valence-corrected chi connectivity index (χ0v) is 13.6. The van der Waals surface area contributed by atoms with Gasteiger partial charge in [0.2, 0.25) is 5.91 Å². The smallest absolute Gasteiger partial charge is 0.293 e. The lowest BCUT2D eigenvalue weighted by Gasteiger charge is -2.21. The molecule has 1 aliphatic carbocycles. The van der Waals surface area contributed by atoms with Gasteiger partial charge in [-0.05, 0) is 31.4 Å². The minimum atomic E-state index is -0.440. The van der Waals surface area contributed by atoms with E-state index in [0.717, 1.165) is 32.1 Å². The summed E-state index contributed by atoms with van der Waals surface area (Å²) in [5.41, 5.74) is 0.428. The molecule has 0 spiro atoms. The SMILES string of the molecule is O=C(C1CCCC1)N1CCC(Nc2ccc(Cl)cc2[N+](=O)[O-])C1. The van der Waals surface area contributed by atoms with E-state index < -0.39 is 4.92 Å². The summed E-state index contributed by atoms with van der Waals surface area (Å²) in [5.74, 6) is 0.427. The first-order valence-corrected chi connectivity index (χ1v) is 8.41. The third-order valence-corrected chi connectivity index (χ3v) is 4.96. The topological polar surface area (TPSA) is 75.5 Å². The van der Waals surface area contributed by atoms with Gasteiger partial charge in [-0.15, -0.1) is 0 Å². The maximum absolute atomic E-state index is 12.4. The van der Waals surface area contributed by atoms with E-state index >= 15 is 0 Å². The number of rotatable bonds is 4. The number of hydrogen-bond donors (Lipinski definition) is 1. The van der Waals surface area contributed by atoms with Crippen molar-refractivity contribution in [1.82, 2.24) is 4.90 Å². The number of nitrogens with zero attached hydrogens (tertiary/aromatic N) is 2. The van der Waals surface area contributed by atoms with Gasteiger partial charge in [0.25, 0.3) is 5.69 Å². The normalized spacial score (nSPS) is 21.6. The van der Waals surface area contributed by atoms with Gasteiger partial charge in [0, 0.05) is 36.1 Å². The van der Waals surface area contributed by atoms with Crippen LogP contribution in [0.5, 0.6) is 0 Å². The molecule has 1 aliphatic heterocycles. The maximum atomic E-state index is 12.4. The largest absolute Gasteiger partial charge is 0.375 e. The molecule has 1 saturated carbocycles. The molecule has 0 bridgehead atoms. The summed E-state index contributed by atoms with van der Waals surface area (Å²) in [6.07, 6.45) is 5.08. The zero-order chi connectivity index (χ0) is 16.4. The van der Waals surface area contributed by atoms with Crippen LogP contribution in [0.1, 0.15) is 32.1 Å². The number of carbonyl (C=O) groups excluding carboxylic acids is 1. The van der Waals surface area contributed by atoms with Crippen LogP contribution in [0, 0.1) is 16.0 Å². The van der Waals surface area contributed by atoms with Crippen LogP contribution in [-0.2, 0) is 4.79 Å². The Morgan fingerprint density at radius 2 is 2.04 bits per heavy atom. The first-order chi connectivity index (χ1) is 11.0. The van der Waals surface area contributed by atoms with Crippen LogP contribution in [-0.4, -0.2) is 34.9 Å². The standard InChI is InChI=1S/C16H20ClN3O3/c17-12-5-6-14(15(9-12)20(22)23)18-13-7-8-19(10-13)16(21)11-3-1-2-4-11/h5-6,9,11,13,18H,1-4,7-8,10H2. The highest BCUT2D eigenvalue weighted by Crippen LogP contribution is 2.31. The predicted octanol–water partition coefficient (Wildman–Crippen LogP) is 3.45. The number of hydrogen-bond acceptors (Lipinski definition) is 4. The van der Waals surface area contributed by atoms with E-state index in [1.165, 1.54) is 6.07 Å². The summed E-state index contributed by atoms with van der Waals surface area (Å²) in [4.78, 5) is 25.0. The lowest BCUT2D eigenvalue weighted by molar-refractivity contribution is -0.384. The molecule has 0 aromatic heterocycles. The van der Waals surface area contributed by atoms with Crippen LogP contribution in [0.4, 0.5) is 11.4 Å². The summed E-state index contributed by atoms with van der Waals surface area (Å²) in [7, 11) is 0. The van der Waals surface area contributed by atoms with Crippen molar-refractivity contribution < 1.29 is 9.72 Å². The molecular weight excluding hydrogens is 318 g/mol. The van der Waals surface area contributed by atoms with Crippen molar-refractivity contribution in [3.8, 4) is 0 Å². The Morgan fingerprint density at radius 3 is 2.74 bits per heavy atom. The molecule has 2 aliphatic rings. The van der Waals surface area contributed by atoms with Gasteiger partial charge < -0.3 is 10.2 Å². The van der Waals surface area contributed by atoms with Crippen LogP contribution in [0.15, 0.2) is 18.2 Å². The number of anilines is 1. The minimum absolute atomic E-state index is 0.0296. The fraction of sp³-hybridized carbons (Fsp3) is 0.562. The number of halogens is 1. The molecule has 1 unspecified atom stereocenters. The Kier molecular flexibility index (Phi) is 4.71. The molecular formula is C16H20ClN3O3. The summed E-state index contributed by atoms with van der Waals surface area (Å²) < 4.78 is 0. The van der Waals surface area contributed by atoms with Crippen LogP contribution < -0.4 is 5.32 Å². The van der Waals surface area contributed by atoms with Gasteiger partial charge in [-0.2, -0.15) is 0 Å². The lowest BCUT2D eigenvalue weighted by atomic mass is 10.1. The number of benzene rings is 1. The average Bonchev–Trinajstić information content (AvgIpc) is 3.19. The van der Waals surface area contributed by atoms with Crippen LogP contribution in [0.2, 0.25) is 5.02 Å². The fourth-order valence-electron chi connectivity index (χ4n) is 3.51. The summed E-state index contributed by atoms with van der Waals surface area (Å²) in [6.45, 7) is 1.32. The van der Waals surface area contributed by atoms with Crippen molar-refractivity contribution in [3.63, 3.8) is 0 Å². The Bertz CT molecular complexity index is 617. The molecule has 2 fully saturated rings. The van der Waals surface area contributed by atoms with E-state index in [-0.39, 0.29) is 23.6 Å². The van der Waals surface area contributed by atoms with E-state index in [2.05, 4.69) is 5.32 Å². The molecule has 1 saturated heterocycles. The van der Waals surface area contributed by atoms with Gasteiger partial charge in [-0.25, -0.2) is 0 Å². The van der Waals surface area contributed by atoms with E-state index in [1.54, 1.807) is 12.1 Å². The number of nitrogens with one attached hydrogen (secondary N) is 1. The molecule has 1 aromatic rings. The Labute approximate surface area is 139 Å². The van der Waals surface area contributed by atoms with Crippen molar-refractivity contribution in [3.05, 3.63) is 33.3 Å². The van der Waals surface area contributed by atoms with Gasteiger partial charge >= 0.3 is 0 Å². The van der Waals surface area contributed by atoms with Gasteiger partial charge in [-0.3, -0.25) is 14.9 Å². The number of carbonyl (C=O) groups is 1. The Balaban J connectivity index is 1.64. The van der Waals surface area contributed by atoms with Gasteiger partial charge in [0.05, 0.1) is 4.92 Å².